The molecule has 2 aromatic rings. The zero-order valence-electron chi connectivity index (χ0n) is 43.7. The lowest BCUT2D eigenvalue weighted by Gasteiger charge is -2.49. The molecule has 1 aromatic carbocycles. The van der Waals surface area contributed by atoms with Crippen LogP contribution in [0.4, 0.5) is 4.79 Å². The van der Waals surface area contributed by atoms with Crippen molar-refractivity contribution in [3.8, 4) is 0 Å². The second-order valence-electron chi connectivity index (χ2n) is 21.3. The first-order valence-electron chi connectivity index (χ1n) is 24.6. The number of ether oxygens (including phenoxy) is 7. The molecule has 18 atom stereocenters. The lowest BCUT2D eigenvalue weighted by Crippen LogP contribution is -2.61. The second kappa shape index (κ2) is 23.5. The molecule has 19 nitrogen and oxygen atoms in total. The Morgan fingerprint density at radius 2 is 1.65 bits per heavy atom. The molecule has 1 aromatic heterocycles. The molecule has 5 rings (SSSR count). The number of esters is 1. The largest absolute Gasteiger partial charge is 0.459 e. The number of benzene rings is 1. The number of rotatable bonds is 12. The summed E-state index contributed by atoms with van der Waals surface area (Å²) in [6, 6.07) is 7.23. The zero-order valence-corrected chi connectivity index (χ0v) is 43.7. The van der Waals surface area contributed by atoms with Crippen molar-refractivity contribution in [2.45, 2.75) is 205 Å². The highest BCUT2D eigenvalue weighted by Crippen LogP contribution is 2.41. The second-order valence-corrected chi connectivity index (χ2v) is 21.3. The fourth-order valence-electron chi connectivity index (χ4n) is 10.6. The first kappa shape index (κ1) is 56.6. The predicted molar refractivity (Wildman–Crippen MR) is 256 cm³/mol. The average Bonchev–Trinajstić information content (AvgIpc) is 3.73. The number of hydrogen-bond donors (Lipinski definition) is 5. The minimum absolute atomic E-state index is 0.0399. The number of aromatic nitrogens is 3. The molecule has 0 radical (unpaired) electrons. The summed E-state index contributed by atoms with van der Waals surface area (Å²) in [6.45, 7) is 20.6. The van der Waals surface area contributed by atoms with Crippen LogP contribution in [0.3, 0.4) is 0 Å². The van der Waals surface area contributed by atoms with Gasteiger partial charge < -0.3 is 68.7 Å². The highest BCUT2D eigenvalue weighted by atomic mass is 16.7. The SMILES string of the molecule is CC[C@H]1OC(=O)[C@H](C)[C@@H](O[C@H]2C[C@@](C)(OC)[C@@H](OC(=O)NCc3cn(Cc4ccc(C)cc4)nn3)[C@H](C)O2)[C@H](C)[C@@H](O[C@@H]2O[C@H](C)C[C@H](N(C)C)[C@H]2O)[C@](C)(O)C[C@@H](C)CN(C)[C@H](C)[C@@H](O)[C@]1(C)O. The first-order valence-corrected chi connectivity index (χ1v) is 24.6. The Balaban J connectivity index is 1.43. The van der Waals surface area contributed by atoms with Gasteiger partial charge in [-0.15, -0.1) is 5.10 Å². The van der Waals surface area contributed by atoms with E-state index in [9.17, 15) is 30.0 Å². The fraction of sp³-hybridized carbons (Fsp3) is 0.800. The van der Waals surface area contributed by atoms with E-state index in [1.165, 1.54) is 14.0 Å². The number of carbonyl (C=O) groups excluding carboxylic acids is 2. The van der Waals surface area contributed by atoms with Gasteiger partial charge in [-0.1, -0.05) is 55.8 Å². The van der Waals surface area contributed by atoms with Crippen molar-refractivity contribution in [2.75, 3.05) is 34.8 Å². The van der Waals surface area contributed by atoms with Crippen LogP contribution in [0.5, 0.6) is 0 Å². The van der Waals surface area contributed by atoms with E-state index in [0.29, 0.717) is 25.2 Å². The molecular weight excluding hydrogens is 893 g/mol. The summed E-state index contributed by atoms with van der Waals surface area (Å²) in [4.78, 5) is 31.8. The van der Waals surface area contributed by atoms with E-state index in [-0.39, 0.29) is 43.9 Å². The summed E-state index contributed by atoms with van der Waals surface area (Å²) < 4.78 is 46.4. The van der Waals surface area contributed by atoms with E-state index in [1.807, 2.05) is 82.9 Å². The molecule has 3 fully saturated rings. The number of methoxy groups -OCH3 is 1. The molecule has 0 saturated carbocycles. The van der Waals surface area contributed by atoms with Crippen LogP contribution in [0.15, 0.2) is 30.5 Å². The van der Waals surface area contributed by atoms with E-state index in [2.05, 4.69) is 15.6 Å². The molecule has 0 unspecified atom stereocenters. The van der Waals surface area contributed by atoms with Gasteiger partial charge in [0.15, 0.2) is 18.7 Å². The van der Waals surface area contributed by atoms with Gasteiger partial charge in [0.25, 0.3) is 0 Å². The van der Waals surface area contributed by atoms with E-state index < -0.39 is 102 Å². The number of carbonyl (C=O) groups is 2. The van der Waals surface area contributed by atoms with Crippen LogP contribution in [0, 0.1) is 24.7 Å². The smallest absolute Gasteiger partial charge is 0.407 e. The van der Waals surface area contributed by atoms with Crippen LogP contribution < -0.4 is 5.32 Å². The monoisotopic (exact) mass is 977 g/mol. The summed E-state index contributed by atoms with van der Waals surface area (Å²) in [7, 11) is 7.10. The molecule has 3 saturated heterocycles. The number of cyclic esters (lactones) is 1. The third-order valence-electron chi connectivity index (χ3n) is 14.9. The maximum Gasteiger partial charge on any atom is 0.407 e. The highest BCUT2D eigenvalue weighted by Gasteiger charge is 2.54. The molecule has 3 aliphatic heterocycles. The number of alkyl carbamates (subject to hydrolysis) is 1. The highest BCUT2D eigenvalue weighted by molar-refractivity contribution is 5.73. The fourth-order valence-corrected chi connectivity index (χ4v) is 10.6. The quantitative estimate of drug-likeness (QED) is 0.191. The predicted octanol–water partition coefficient (Wildman–Crippen LogP) is 3.78. The number of aliphatic hydroxyl groups excluding tert-OH is 2. The molecule has 0 aliphatic carbocycles. The Bertz CT molecular complexity index is 1950. The maximum absolute atomic E-state index is 14.5. The van der Waals surface area contributed by atoms with Gasteiger partial charge in [-0.05, 0) is 107 Å². The van der Waals surface area contributed by atoms with Gasteiger partial charge >= 0.3 is 12.1 Å². The van der Waals surface area contributed by atoms with Gasteiger partial charge in [-0.2, -0.15) is 0 Å². The van der Waals surface area contributed by atoms with Crippen LogP contribution in [-0.4, -0.2) is 182 Å². The average molecular weight is 977 g/mol. The minimum atomic E-state index is -1.85. The topological polar surface area (TPSA) is 229 Å². The molecule has 19 heteroatoms. The molecule has 0 bridgehead atoms. The van der Waals surface area contributed by atoms with E-state index in [4.69, 9.17) is 33.2 Å². The van der Waals surface area contributed by atoms with E-state index in [0.717, 1.165) is 11.1 Å². The van der Waals surface area contributed by atoms with Crippen molar-refractivity contribution in [2.24, 2.45) is 17.8 Å². The zero-order chi connectivity index (χ0) is 51.3. The Labute approximate surface area is 409 Å². The van der Waals surface area contributed by atoms with Crippen LogP contribution >= 0.6 is 0 Å². The molecule has 4 heterocycles. The van der Waals surface area contributed by atoms with Crippen molar-refractivity contribution in [3.05, 3.63) is 47.3 Å². The number of aliphatic hydroxyl groups is 4. The molecule has 392 valence electrons. The van der Waals surface area contributed by atoms with Gasteiger partial charge in [0.05, 0.1) is 55.2 Å². The van der Waals surface area contributed by atoms with Crippen molar-refractivity contribution < 1.29 is 63.2 Å². The third-order valence-corrected chi connectivity index (χ3v) is 14.9. The summed E-state index contributed by atoms with van der Waals surface area (Å²) in [5.74, 6) is -2.82. The van der Waals surface area contributed by atoms with Crippen LogP contribution in [0.2, 0.25) is 0 Å². The molecular formula is C50H84N6O13. The number of hydrogen-bond acceptors (Lipinski definition) is 17. The summed E-state index contributed by atoms with van der Waals surface area (Å²) in [6.07, 6.45) is -7.95. The van der Waals surface area contributed by atoms with Gasteiger partial charge in [-0.25, -0.2) is 9.48 Å². The Morgan fingerprint density at radius 3 is 2.28 bits per heavy atom. The van der Waals surface area contributed by atoms with E-state index in [1.54, 1.807) is 52.4 Å². The number of nitrogens with one attached hydrogen (secondary N) is 1. The van der Waals surface area contributed by atoms with Gasteiger partial charge in [0.2, 0.25) is 0 Å². The van der Waals surface area contributed by atoms with Gasteiger partial charge in [-0.3, -0.25) is 4.79 Å². The van der Waals surface area contributed by atoms with Crippen molar-refractivity contribution in [1.29, 1.82) is 0 Å². The summed E-state index contributed by atoms with van der Waals surface area (Å²) >= 11 is 0. The van der Waals surface area contributed by atoms with Crippen molar-refractivity contribution in [1.82, 2.24) is 30.1 Å². The molecule has 69 heavy (non-hydrogen) atoms. The summed E-state index contributed by atoms with van der Waals surface area (Å²) in [5, 5.41) is 59.2. The van der Waals surface area contributed by atoms with E-state index >= 15 is 0 Å². The van der Waals surface area contributed by atoms with Crippen molar-refractivity contribution in [3.63, 3.8) is 0 Å². The Kier molecular flexibility index (Phi) is 19.2. The number of nitrogens with zero attached hydrogens (tertiary/aromatic N) is 5. The summed E-state index contributed by atoms with van der Waals surface area (Å²) in [5.41, 5.74) is -1.87. The minimum Gasteiger partial charge on any atom is -0.459 e. The third kappa shape index (κ3) is 13.8. The van der Waals surface area contributed by atoms with Crippen LogP contribution in [0.1, 0.15) is 112 Å². The van der Waals surface area contributed by atoms with Gasteiger partial charge in [0.1, 0.15) is 35.2 Å². The van der Waals surface area contributed by atoms with Gasteiger partial charge in [0, 0.05) is 38.1 Å². The molecule has 3 aliphatic rings. The molecule has 1 amide bonds. The lowest BCUT2D eigenvalue weighted by molar-refractivity contribution is -0.317. The number of aryl methyl sites for hydroxylation is 1. The number of amides is 1. The molecule has 5 N–H and O–H groups in total. The van der Waals surface area contributed by atoms with Crippen LogP contribution in [-0.2, 0) is 51.0 Å². The first-order chi connectivity index (χ1) is 32.2. The maximum atomic E-state index is 14.5. The Hall–Kier alpha value is -3.34. The lowest BCUT2D eigenvalue weighted by atomic mass is 9.77. The molecule has 0 spiro atoms. The Morgan fingerprint density at radius 1 is 0.986 bits per heavy atom. The number of likely N-dealkylation sites (N-methyl/N-ethyl adjacent to an activating group) is 2. The standard InChI is InChI=1S/C50H84N6O13/c1-16-38-50(11,62)42(58)33(7)55(14)25-29(3)22-48(9,61)43(68-46-40(57)37(54(12)13)21-30(4)64-46)31(5)41(32(6)45(59)66-38)67-39-23-49(10,63-15)44(34(8)65-39)69-47(60)51-24-36-27-56(53-52-36)26-35-19-17-28(2)18-20-35/h17-20,27,29-34,37-44,46,57-58,61-62H,16,21-26H2,1-15H3,(H,51,60)/t29-,30-,31+,32-,33-,34+,37+,38-,39+,40-,41+,42-,43-,44+,46+,48-,49-,50-/m1/s1. The normalized spacial score (nSPS) is 40.1. The van der Waals surface area contributed by atoms with Crippen LogP contribution in [0.25, 0.3) is 0 Å². The van der Waals surface area contributed by atoms with Crippen molar-refractivity contribution >= 4 is 12.1 Å².